The van der Waals surface area contributed by atoms with Crippen molar-refractivity contribution in [1.29, 1.82) is 0 Å². The van der Waals surface area contributed by atoms with Gasteiger partial charge in [-0.1, -0.05) is 67.4 Å². The van der Waals surface area contributed by atoms with Gasteiger partial charge in [-0.25, -0.2) is 4.39 Å². The van der Waals surface area contributed by atoms with Gasteiger partial charge in [0.05, 0.1) is 18.6 Å². The van der Waals surface area contributed by atoms with E-state index in [0.29, 0.717) is 38.5 Å². The van der Waals surface area contributed by atoms with Crippen molar-refractivity contribution >= 4 is 29.5 Å². The van der Waals surface area contributed by atoms with Gasteiger partial charge in [0, 0.05) is 19.5 Å². The second kappa shape index (κ2) is 16.7. The van der Waals surface area contributed by atoms with Gasteiger partial charge in [-0.3, -0.25) is 24.0 Å². The van der Waals surface area contributed by atoms with Crippen molar-refractivity contribution in [2.75, 3.05) is 19.7 Å². The number of rotatable bonds is 6. The minimum Gasteiger partial charge on any atom is -0.493 e. The maximum absolute atomic E-state index is 13.9. The molecule has 0 unspecified atom stereocenters. The Balaban J connectivity index is 1.38. The van der Waals surface area contributed by atoms with Crippen LogP contribution in [0.25, 0.3) is 0 Å². The fourth-order valence-electron chi connectivity index (χ4n) is 6.16. The fourth-order valence-corrected chi connectivity index (χ4v) is 6.16. The van der Waals surface area contributed by atoms with E-state index in [1.54, 1.807) is 36.4 Å². The van der Waals surface area contributed by atoms with Crippen molar-refractivity contribution in [3.05, 3.63) is 101 Å². The molecule has 3 aromatic carbocycles. The van der Waals surface area contributed by atoms with Crippen LogP contribution in [-0.4, -0.2) is 66.9 Å². The van der Waals surface area contributed by atoms with E-state index in [-0.39, 0.29) is 49.2 Å². The van der Waals surface area contributed by atoms with Gasteiger partial charge >= 0.3 is 0 Å². The molecule has 1 aliphatic heterocycles. The van der Waals surface area contributed by atoms with Gasteiger partial charge < -0.3 is 31.3 Å². The SMILES string of the molecule is O=C1C[C@@H](C(=O)NCCc2ccc(F)cc2)NC(=O)c2ccccc2OCCCNC(=O)[C@H](Cc2ccccc2)NC(=O)C2(CCCC2)N1. The molecule has 1 spiro atoms. The summed E-state index contributed by atoms with van der Waals surface area (Å²) in [6, 6.07) is 19.6. The third-order valence-electron chi connectivity index (χ3n) is 8.82. The van der Waals surface area contributed by atoms with Crippen molar-refractivity contribution in [3.8, 4) is 5.75 Å². The lowest BCUT2D eigenvalue weighted by Gasteiger charge is -2.32. The summed E-state index contributed by atoms with van der Waals surface area (Å²) in [7, 11) is 0. The lowest BCUT2D eigenvalue weighted by atomic mass is 9.94. The third-order valence-corrected chi connectivity index (χ3v) is 8.82. The van der Waals surface area contributed by atoms with Gasteiger partial charge in [-0.15, -0.1) is 0 Å². The van der Waals surface area contributed by atoms with E-state index in [2.05, 4.69) is 26.6 Å². The number of carbonyl (C=O) groups excluding carboxylic acids is 5. The highest BCUT2D eigenvalue weighted by Crippen LogP contribution is 2.30. The zero-order valence-corrected chi connectivity index (χ0v) is 27.3. The first kappa shape index (κ1) is 35.1. The average Bonchev–Trinajstić information content (AvgIpc) is 3.58. The lowest BCUT2D eigenvalue weighted by Crippen LogP contribution is -2.62. The molecule has 5 rings (SSSR count). The number of benzene rings is 3. The molecule has 0 radical (unpaired) electrons. The fraction of sp³-hybridized carbons (Fsp3) is 0.378. The van der Waals surface area contributed by atoms with E-state index in [1.165, 1.54) is 12.1 Å². The highest BCUT2D eigenvalue weighted by Gasteiger charge is 2.44. The smallest absolute Gasteiger partial charge is 0.255 e. The first-order valence-corrected chi connectivity index (χ1v) is 16.7. The summed E-state index contributed by atoms with van der Waals surface area (Å²) in [5, 5.41) is 14.1. The first-order valence-electron chi connectivity index (χ1n) is 16.7. The number of fused-ring (bicyclic) bond motifs is 1. The van der Waals surface area contributed by atoms with Crippen molar-refractivity contribution in [1.82, 2.24) is 26.6 Å². The van der Waals surface area contributed by atoms with Gasteiger partial charge in [0.1, 0.15) is 29.2 Å². The second-order valence-corrected chi connectivity index (χ2v) is 12.4. The molecule has 1 fully saturated rings. The molecule has 2 atom stereocenters. The zero-order chi connectivity index (χ0) is 34.6. The Labute approximate surface area is 284 Å². The number of carbonyl (C=O) groups is 5. The Hall–Kier alpha value is -5.26. The predicted octanol–water partition coefficient (Wildman–Crippen LogP) is 2.73. The van der Waals surface area contributed by atoms with Crippen LogP contribution in [0.4, 0.5) is 4.39 Å². The number of nitrogens with one attached hydrogen (secondary N) is 5. The highest BCUT2D eigenvalue weighted by molar-refractivity contribution is 6.01. The van der Waals surface area contributed by atoms with Crippen LogP contribution >= 0.6 is 0 Å². The zero-order valence-electron chi connectivity index (χ0n) is 27.3. The number of halogens is 1. The van der Waals surface area contributed by atoms with E-state index in [0.717, 1.165) is 11.1 Å². The molecular weight excluding hydrogens is 629 g/mol. The maximum atomic E-state index is 13.9. The molecule has 1 aliphatic carbocycles. The molecule has 0 bridgehead atoms. The Morgan fingerprint density at radius 1 is 0.857 bits per heavy atom. The van der Waals surface area contributed by atoms with Crippen molar-refractivity contribution in [2.45, 2.75) is 69.0 Å². The number of amides is 5. The van der Waals surface area contributed by atoms with Crippen LogP contribution in [0, 0.1) is 5.82 Å². The van der Waals surface area contributed by atoms with E-state index in [9.17, 15) is 28.4 Å². The summed E-state index contributed by atoms with van der Waals surface area (Å²) in [6.07, 6.45) is 2.71. The van der Waals surface area contributed by atoms with Gasteiger partial charge in [-0.2, -0.15) is 0 Å². The number of hydrogen-bond donors (Lipinski definition) is 5. The monoisotopic (exact) mass is 671 g/mol. The molecule has 5 amide bonds. The number of hydrogen-bond acceptors (Lipinski definition) is 6. The Morgan fingerprint density at radius 2 is 1.57 bits per heavy atom. The normalized spacial score (nSPS) is 20.3. The van der Waals surface area contributed by atoms with Gasteiger partial charge in [-0.05, 0) is 61.1 Å². The van der Waals surface area contributed by atoms with Crippen LogP contribution in [0.15, 0.2) is 78.9 Å². The summed E-state index contributed by atoms with van der Waals surface area (Å²) in [6.45, 7) is 0.616. The number of para-hydroxylation sites is 1. The standard InChI is InChI=1S/C37H42FN5O6/c38-27-15-13-25(14-16-27)17-21-40-35(47)30-24-32(44)43-37(18-6-7-19-37)36(48)42-29(23-26-9-2-1-3-10-26)34(46)39-20-8-22-49-31-12-5-4-11-28(31)33(45)41-30/h1-5,9-16,29-30H,6-8,17-24H2,(H,39,46)(H,40,47)(H,41,45)(H,42,48)(H,43,44)/t29-,30-/m0/s1. The molecule has 2 aliphatic rings. The minimum absolute atomic E-state index is 0.173. The maximum Gasteiger partial charge on any atom is 0.255 e. The van der Waals surface area contributed by atoms with Crippen LogP contribution in [0.1, 0.15) is 60.0 Å². The molecule has 258 valence electrons. The Morgan fingerprint density at radius 3 is 2.33 bits per heavy atom. The minimum atomic E-state index is -1.29. The molecule has 0 saturated heterocycles. The topological polar surface area (TPSA) is 155 Å². The highest BCUT2D eigenvalue weighted by atomic mass is 19.1. The van der Waals surface area contributed by atoms with Crippen LogP contribution < -0.4 is 31.3 Å². The van der Waals surface area contributed by atoms with Crippen LogP contribution in [0.2, 0.25) is 0 Å². The summed E-state index contributed by atoms with van der Waals surface area (Å²) < 4.78 is 19.2. The van der Waals surface area contributed by atoms with Gasteiger partial charge in [0.15, 0.2) is 0 Å². The predicted molar refractivity (Wildman–Crippen MR) is 180 cm³/mol. The summed E-state index contributed by atoms with van der Waals surface area (Å²) in [5.41, 5.74) is 0.546. The third kappa shape index (κ3) is 9.65. The van der Waals surface area contributed by atoms with Crippen molar-refractivity contribution < 1.29 is 33.1 Å². The lowest BCUT2D eigenvalue weighted by molar-refractivity contribution is -0.136. The summed E-state index contributed by atoms with van der Waals surface area (Å²) in [4.78, 5) is 68.0. The van der Waals surface area contributed by atoms with Gasteiger partial charge in [0.2, 0.25) is 23.6 Å². The quantitative estimate of drug-likeness (QED) is 0.272. The summed E-state index contributed by atoms with van der Waals surface area (Å²) >= 11 is 0. The molecule has 12 heteroatoms. The Bertz CT molecular complexity index is 1630. The molecule has 1 heterocycles. The molecule has 11 nitrogen and oxygen atoms in total. The van der Waals surface area contributed by atoms with Gasteiger partial charge in [0.25, 0.3) is 5.91 Å². The molecule has 1 saturated carbocycles. The molecule has 49 heavy (non-hydrogen) atoms. The van der Waals surface area contributed by atoms with Crippen LogP contribution in [-0.2, 0) is 32.0 Å². The van der Waals surface area contributed by atoms with Crippen LogP contribution in [0.5, 0.6) is 5.75 Å². The van der Waals surface area contributed by atoms with E-state index in [1.807, 2.05) is 30.3 Å². The first-order chi connectivity index (χ1) is 23.7. The number of ether oxygens (including phenoxy) is 1. The second-order valence-electron chi connectivity index (χ2n) is 12.4. The molecule has 0 aromatic heterocycles. The Kier molecular flexibility index (Phi) is 12.0. The largest absolute Gasteiger partial charge is 0.493 e. The van der Waals surface area contributed by atoms with E-state index >= 15 is 0 Å². The van der Waals surface area contributed by atoms with Crippen molar-refractivity contribution in [3.63, 3.8) is 0 Å². The van der Waals surface area contributed by atoms with E-state index in [4.69, 9.17) is 4.74 Å². The van der Waals surface area contributed by atoms with E-state index < -0.39 is 47.7 Å². The van der Waals surface area contributed by atoms with Crippen molar-refractivity contribution in [2.24, 2.45) is 0 Å². The average molecular weight is 672 g/mol. The molecular formula is C37H42FN5O6. The summed E-state index contributed by atoms with van der Waals surface area (Å²) in [5.74, 6) is -2.74. The molecule has 5 N–H and O–H groups in total. The van der Waals surface area contributed by atoms with Crippen LogP contribution in [0.3, 0.4) is 0 Å². The molecule has 3 aromatic rings.